The van der Waals surface area contributed by atoms with E-state index in [0.29, 0.717) is 13.2 Å². The lowest BCUT2D eigenvalue weighted by Crippen LogP contribution is -2.25. The van der Waals surface area contributed by atoms with Crippen molar-refractivity contribution >= 4 is 22.7 Å². The maximum absolute atomic E-state index is 11.1. The molecule has 178 valence electrons. The minimum absolute atomic E-state index is 0.187. The molecule has 3 aromatic rings. The third-order valence-corrected chi connectivity index (χ3v) is 8.36. The van der Waals surface area contributed by atoms with Crippen LogP contribution in [0.3, 0.4) is 0 Å². The Balaban J connectivity index is 1.95. The molecule has 0 bridgehead atoms. The number of aryl methyl sites for hydroxylation is 1. The second kappa shape index (κ2) is 11.4. The van der Waals surface area contributed by atoms with Crippen LogP contribution in [0.4, 0.5) is 0 Å². The van der Waals surface area contributed by atoms with Crippen molar-refractivity contribution in [2.45, 2.75) is 65.2 Å². The predicted octanol–water partition coefficient (Wildman–Crippen LogP) is 6.41. The fourth-order valence-corrected chi connectivity index (χ4v) is 6.28. The summed E-state index contributed by atoms with van der Waals surface area (Å²) in [6, 6.07) is 18.6. The Morgan fingerprint density at radius 3 is 2.42 bits per heavy atom. The Bertz CT molecular complexity index is 1080. The molecule has 2 atom stereocenters. The molecule has 7 heteroatoms. The number of hydrogen-bond acceptors (Lipinski definition) is 5. The third kappa shape index (κ3) is 5.73. The van der Waals surface area contributed by atoms with Crippen molar-refractivity contribution in [1.29, 1.82) is 0 Å². The average Bonchev–Trinajstić information content (AvgIpc) is 3.21. The second-order valence-electron chi connectivity index (χ2n) is 8.20. The quantitative estimate of drug-likeness (QED) is 0.305. The van der Waals surface area contributed by atoms with E-state index in [1.807, 2.05) is 50.2 Å². The van der Waals surface area contributed by atoms with E-state index in [-0.39, 0.29) is 5.41 Å². The van der Waals surface area contributed by atoms with Crippen molar-refractivity contribution in [1.82, 2.24) is 0 Å². The van der Waals surface area contributed by atoms with E-state index in [9.17, 15) is 4.21 Å². The average molecular weight is 488 g/mol. The van der Waals surface area contributed by atoms with Crippen LogP contribution < -0.4 is 10.5 Å². The highest BCUT2D eigenvalue weighted by Gasteiger charge is 2.34. The molecule has 2 aromatic carbocycles. The molecule has 3 N–H and O–H groups in total. The minimum Gasteiger partial charge on any atom is -0.489 e. The van der Waals surface area contributed by atoms with Crippen LogP contribution in [0.1, 0.15) is 71.7 Å². The summed E-state index contributed by atoms with van der Waals surface area (Å²) in [6.45, 7) is 9.12. The van der Waals surface area contributed by atoms with Crippen LogP contribution in [0.15, 0.2) is 54.6 Å². The van der Waals surface area contributed by atoms with Crippen molar-refractivity contribution in [3.05, 3.63) is 86.6 Å². The highest BCUT2D eigenvalue weighted by atomic mass is 32.2. The van der Waals surface area contributed by atoms with Crippen LogP contribution in [0.25, 0.3) is 0 Å². The fraction of sp³-hybridized carbons (Fsp3) is 0.385. The van der Waals surface area contributed by atoms with Gasteiger partial charge in [0.05, 0.1) is 0 Å². The zero-order chi connectivity index (χ0) is 24.0. The summed E-state index contributed by atoms with van der Waals surface area (Å²) in [4.78, 5) is 2.20. The largest absolute Gasteiger partial charge is 0.489 e. The molecule has 1 heterocycles. The van der Waals surface area contributed by atoms with Gasteiger partial charge in [0, 0.05) is 27.3 Å². The van der Waals surface area contributed by atoms with Crippen molar-refractivity contribution in [2.24, 2.45) is 5.73 Å². The first-order valence-corrected chi connectivity index (χ1v) is 13.1. The highest BCUT2D eigenvalue weighted by molar-refractivity contribution is 7.74. The molecule has 0 amide bonds. The monoisotopic (exact) mass is 487 g/mol. The molecule has 0 spiro atoms. The maximum atomic E-state index is 11.1. The Morgan fingerprint density at radius 1 is 1.12 bits per heavy atom. The summed E-state index contributed by atoms with van der Waals surface area (Å²) in [5, 5.41) is 0. The molecular formula is C26H33NO4S2. The predicted molar refractivity (Wildman–Crippen MR) is 136 cm³/mol. The van der Waals surface area contributed by atoms with Crippen LogP contribution in [0.5, 0.6) is 5.75 Å². The fourth-order valence-electron chi connectivity index (χ4n) is 4.36. The van der Waals surface area contributed by atoms with Gasteiger partial charge in [0.2, 0.25) is 0 Å². The van der Waals surface area contributed by atoms with Gasteiger partial charge in [0.15, 0.2) is 0 Å². The lowest BCUT2D eigenvalue weighted by atomic mass is 9.74. The van der Waals surface area contributed by atoms with Crippen molar-refractivity contribution in [3.8, 4) is 5.75 Å². The van der Waals surface area contributed by atoms with Gasteiger partial charge in [-0.1, -0.05) is 50.2 Å². The van der Waals surface area contributed by atoms with E-state index in [1.54, 1.807) is 11.3 Å². The van der Waals surface area contributed by atoms with E-state index in [1.165, 1.54) is 10.4 Å². The normalized spacial score (nSPS) is 13.6. The van der Waals surface area contributed by atoms with Gasteiger partial charge in [-0.15, -0.1) is 11.3 Å². The van der Waals surface area contributed by atoms with Crippen molar-refractivity contribution in [2.75, 3.05) is 0 Å². The first-order chi connectivity index (χ1) is 15.8. The van der Waals surface area contributed by atoms with Gasteiger partial charge in [0.1, 0.15) is 18.5 Å². The second-order valence-corrected chi connectivity index (χ2v) is 9.91. The highest BCUT2D eigenvalue weighted by Crippen LogP contribution is 2.45. The standard InChI is InChI=1S/C26H33NO4S2/c1-5-26(6-2,24-14-18(3)25(32-24)19(4)31-33(28)29)22-12-13-23(21(15-22)16-27)30-17-20-10-8-7-9-11-20/h7-15,19H,5-6,16-17,27H2,1-4H3,(H,28,29). The Kier molecular flexibility index (Phi) is 8.84. The van der Waals surface area contributed by atoms with Crippen LogP contribution in [-0.4, -0.2) is 8.76 Å². The summed E-state index contributed by atoms with van der Waals surface area (Å²) in [7, 11) is 0. The number of nitrogens with two attached hydrogens (primary N) is 1. The molecule has 0 fully saturated rings. The maximum Gasteiger partial charge on any atom is 0.302 e. The van der Waals surface area contributed by atoms with E-state index in [0.717, 1.165) is 40.2 Å². The summed E-state index contributed by atoms with van der Waals surface area (Å²) < 4.78 is 31.5. The van der Waals surface area contributed by atoms with Gasteiger partial charge in [-0.2, -0.15) is 4.21 Å². The Morgan fingerprint density at radius 2 is 1.82 bits per heavy atom. The number of ether oxygens (including phenoxy) is 1. The molecule has 33 heavy (non-hydrogen) atoms. The Hall–Kier alpha value is -2.03. The SMILES string of the molecule is CCC(CC)(c1ccc(OCc2ccccc2)c(CN)c1)c1cc(C)c(C(C)OS(=O)O)s1. The molecule has 0 saturated carbocycles. The molecule has 0 aliphatic rings. The number of rotatable bonds is 11. The van der Waals surface area contributed by atoms with Gasteiger partial charge >= 0.3 is 11.4 Å². The zero-order valence-corrected chi connectivity index (χ0v) is 21.3. The smallest absolute Gasteiger partial charge is 0.302 e. The third-order valence-electron chi connectivity index (χ3n) is 6.30. The molecule has 5 nitrogen and oxygen atoms in total. The molecule has 3 rings (SSSR count). The van der Waals surface area contributed by atoms with E-state index < -0.39 is 17.5 Å². The van der Waals surface area contributed by atoms with Gasteiger partial charge in [-0.05, 0) is 61.6 Å². The van der Waals surface area contributed by atoms with Gasteiger partial charge in [-0.25, -0.2) is 0 Å². The molecule has 2 unspecified atom stereocenters. The topological polar surface area (TPSA) is 81.8 Å². The zero-order valence-electron chi connectivity index (χ0n) is 19.7. The van der Waals surface area contributed by atoms with Crippen LogP contribution in [0, 0.1) is 6.92 Å². The molecular weight excluding hydrogens is 454 g/mol. The molecule has 0 radical (unpaired) electrons. The lowest BCUT2D eigenvalue weighted by Gasteiger charge is -2.32. The lowest BCUT2D eigenvalue weighted by molar-refractivity contribution is 0.230. The van der Waals surface area contributed by atoms with Crippen molar-refractivity contribution in [3.63, 3.8) is 0 Å². The Labute approximate surface area is 203 Å². The summed E-state index contributed by atoms with van der Waals surface area (Å²) in [5.41, 5.74) is 10.3. The minimum atomic E-state index is -2.30. The van der Waals surface area contributed by atoms with E-state index in [2.05, 4.69) is 32.0 Å². The first-order valence-electron chi connectivity index (χ1n) is 11.2. The summed E-state index contributed by atoms with van der Waals surface area (Å²) in [6.07, 6.45) is 1.38. The van der Waals surface area contributed by atoms with Gasteiger partial charge in [-0.3, -0.25) is 8.74 Å². The van der Waals surface area contributed by atoms with Crippen LogP contribution >= 0.6 is 11.3 Å². The molecule has 0 aliphatic carbocycles. The summed E-state index contributed by atoms with van der Waals surface area (Å²) in [5.74, 6) is 0.807. The summed E-state index contributed by atoms with van der Waals surface area (Å²) >= 11 is -0.647. The van der Waals surface area contributed by atoms with E-state index in [4.69, 9.17) is 19.2 Å². The van der Waals surface area contributed by atoms with Crippen LogP contribution in [0.2, 0.25) is 0 Å². The van der Waals surface area contributed by atoms with E-state index >= 15 is 0 Å². The number of hydrogen-bond donors (Lipinski definition) is 2. The molecule has 0 aliphatic heterocycles. The van der Waals surface area contributed by atoms with Crippen molar-refractivity contribution < 1.29 is 17.7 Å². The molecule has 1 aromatic heterocycles. The number of benzene rings is 2. The number of thiophene rings is 1. The van der Waals surface area contributed by atoms with Gasteiger partial charge < -0.3 is 10.5 Å². The van der Waals surface area contributed by atoms with Crippen LogP contribution in [-0.2, 0) is 34.1 Å². The molecule has 0 saturated heterocycles. The first kappa shape index (κ1) is 25.6. The van der Waals surface area contributed by atoms with Gasteiger partial charge in [0.25, 0.3) is 0 Å².